The second kappa shape index (κ2) is 8.11. The van der Waals surface area contributed by atoms with Crippen molar-refractivity contribution in [1.82, 2.24) is 5.32 Å². The van der Waals surface area contributed by atoms with E-state index in [1.807, 2.05) is 6.92 Å². The van der Waals surface area contributed by atoms with Gasteiger partial charge in [0.05, 0.1) is 19.3 Å². The number of esters is 1. The first-order chi connectivity index (χ1) is 10.7. The van der Waals surface area contributed by atoms with Gasteiger partial charge in [-0.05, 0) is 17.8 Å². The molecule has 1 fully saturated rings. The van der Waals surface area contributed by atoms with E-state index in [-0.39, 0.29) is 29.9 Å². The molecule has 23 heavy (non-hydrogen) atoms. The van der Waals surface area contributed by atoms with Crippen molar-refractivity contribution in [2.75, 3.05) is 14.2 Å². The van der Waals surface area contributed by atoms with Crippen LogP contribution in [0.3, 0.4) is 0 Å². The van der Waals surface area contributed by atoms with Gasteiger partial charge in [-0.2, -0.15) is 0 Å². The fraction of sp³-hybridized carbons (Fsp3) is 0.882. The molecular formula is C17H31NO5. The summed E-state index contributed by atoms with van der Waals surface area (Å²) in [6.45, 7) is 9.84. The summed E-state index contributed by atoms with van der Waals surface area (Å²) >= 11 is 0. The predicted molar refractivity (Wildman–Crippen MR) is 86.6 cm³/mol. The molecule has 1 saturated heterocycles. The number of hydrogen-bond donors (Lipinski definition) is 1. The van der Waals surface area contributed by atoms with Crippen molar-refractivity contribution in [3.8, 4) is 0 Å². The summed E-state index contributed by atoms with van der Waals surface area (Å²) in [5, 5.41) is 2.99. The van der Waals surface area contributed by atoms with Crippen LogP contribution in [0.2, 0.25) is 0 Å². The van der Waals surface area contributed by atoms with Crippen LogP contribution in [-0.2, 0) is 23.8 Å². The Labute approximate surface area is 139 Å². The maximum Gasteiger partial charge on any atom is 0.366 e. The highest BCUT2D eigenvalue weighted by molar-refractivity contribution is 5.78. The lowest BCUT2D eigenvalue weighted by Crippen LogP contribution is -2.63. The molecule has 1 aliphatic heterocycles. The van der Waals surface area contributed by atoms with Crippen LogP contribution in [0.1, 0.15) is 47.5 Å². The SMILES string of the molecule is CCC(C)C(C)C1OC(OC)(C(=O)OC)CC(C)C1NC(C)=O. The molecule has 0 aromatic rings. The van der Waals surface area contributed by atoms with Gasteiger partial charge in [-0.1, -0.05) is 34.1 Å². The Morgan fingerprint density at radius 2 is 1.96 bits per heavy atom. The summed E-state index contributed by atoms with van der Waals surface area (Å²) < 4.78 is 16.5. The Morgan fingerprint density at radius 3 is 2.39 bits per heavy atom. The molecule has 0 spiro atoms. The highest BCUT2D eigenvalue weighted by Gasteiger charge is 2.53. The monoisotopic (exact) mass is 329 g/mol. The van der Waals surface area contributed by atoms with Crippen LogP contribution in [0.4, 0.5) is 0 Å². The Bertz CT molecular complexity index is 427. The first-order valence-corrected chi connectivity index (χ1v) is 8.30. The van der Waals surface area contributed by atoms with E-state index < -0.39 is 11.8 Å². The number of ether oxygens (including phenoxy) is 3. The Morgan fingerprint density at radius 1 is 1.35 bits per heavy atom. The molecule has 0 bridgehead atoms. The number of carbonyl (C=O) groups is 2. The lowest BCUT2D eigenvalue weighted by atomic mass is 9.77. The number of carbonyl (C=O) groups excluding carboxylic acids is 2. The summed E-state index contributed by atoms with van der Waals surface area (Å²) in [5.74, 6) is -1.49. The fourth-order valence-electron chi connectivity index (χ4n) is 3.31. The molecule has 1 rings (SSSR count). The van der Waals surface area contributed by atoms with Crippen molar-refractivity contribution in [3.63, 3.8) is 0 Å². The standard InChI is InChI=1S/C17H31NO5/c1-8-10(2)12(4)15-14(18-13(5)19)11(3)9-17(22-7,23-15)16(20)21-6/h10-12,14-15H,8-9H2,1-7H3,(H,18,19). The van der Waals surface area contributed by atoms with Gasteiger partial charge in [0.15, 0.2) is 0 Å². The average Bonchev–Trinajstić information content (AvgIpc) is 2.53. The first-order valence-electron chi connectivity index (χ1n) is 8.30. The van der Waals surface area contributed by atoms with Crippen LogP contribution in [0, 0.1) is 17.8 Å². The molecule has 1 aliphatic rings. The maximum absolute atomic E-state index is 12.2. The fourth-order valence-corrected chi connectivity index (χ4v) is 3.31. The van der Waals surface area contributed by atoms with Gasteiger partial charge in [0.25, 0.3) is 5.79 Å². The summed E-state index contributed by atoms with van der Waals surface area (Å²) in [7, 11) is 2.78. The molecule has 6 unspecified atom stereocenters. The summed E-state index contributed by atoms with van der Waals surface area (Å²) in [5.41, 5.74) is 0. The van der Waals surface area contributed by atoms with Crippen molar-refractivity contribution >= 4 is 11.9 Å². The van der Waals surface area contributed by atoms with Gasteiger partial charge in [-0.25, -0.2) is 4.79 Å². The topological polar surface area (TPSA) is 73.9 Å². The maximum atomic E-state index is 12.2. The van der Waals surface area contributed by atoms with Crippen LogP contribution in [0.5, 0.6) is 0 Å². The minimum absolute atomic E-state index is 0.0169. The van der Waals surface area contributed by atoms with Crippen molar-refractivity contribution < 1.29 is 23.8 Å². The zero-order valence-electron chi connectivity index (χ0n) is 15.3. The lowest BCUT2D eigenvalue weighted by Gasteiger charge is -2.48. The van der Waals surface area contributed by atoms with E-state index >= 15 is 0 Å². The number of rotatable bonds is 6. The third-order valence-electron chi connectivity index (χ3n) is 5.14. The van der Waals surface area contributed by atoms with Gasteiger partial charge in [0.1, 0.15) is 0 Å². The van der Waals surface area contributed by atoms with Gasteiger partial charge in [0, 0.05) is 20.5 Å². The molecule has 0 radical (unpaired) electrons. The molecule has 1 N–H and O–H groups in total. The van der Waals surface area contributed by atoms with E-state index in [1.165, 1.54) is 21.1 Å². The van der Waals surface area contributed by atoms with E-state index in [0.717, 1.165) is 6.42 Å². The van der Waals surface area contributed by atoms with E-state index in [4.69, 9.17) is 14.2 Å². The van der Waals surface area contributed by atoms with Gasteiger partial charge in [-0.3, -0.25) is 4.79 Å². The van der Waals surface area contributed by atoms with Crippen LogP contribution >= 0.6 is 0 Å². The molecule has 1 heterocycles. The normalized spacial score (nSPS) is 33.6. The number of methoxy groups -OCH3 is 2. The van der Waals surface area contributed by atoms with Crippen molar-refractivity contribution in [2.24, 2.45) is 17.8 Å². The van der Waals surface area contributed by atoms with E-state index in [9.17, 15) is 9.59 Å². The molecule has 6 heteroatoms. The van der Waals surface area contributed by atoms with Gasteiger partial charge in [-0.15, -0.1) is 0 Å². The zero-order valence-corrected chi connectivity index (χ0v) is 15.3. The van der Waals surface area contributed by atoms with Crippen molar-refractivity contribution in [2.45, 2.75) is 65.4 Å². The Kier molecular flexibility index (Phi) is 7.02. The lowest BCUT2D eigenvalue weighted by molar-refractivity contribution is -0.290. The first kappa shape index (κ1) is 19.9. The quantitative estimate of drug-likeness (QED) is 0.756. The molecule has 6 nitrogen and oxygen atoms in total. The molecule has 0 aromatic carbocycles. The number of nitrogens with one attached hydrogen (secondary N) is 1. The molecular weight excluding hydrogens is 298 g/mol. The second-order valence-corrected chi connectivity index (χ2v) is 6.68. The number of hydrogen-bond acceptors (Lipinski definition) is 5. The molecule has 0 aromatic heterocycles. The summed E-state index contributed by atoms with van der Waals surface area (Å²) in [4.78, 5) is 23.8. The minimum Gasteiger partial charge on any atom is -0.465 e. The highest BCUT2D eigenvalue weighted by atomic mass is 16.7. The number of amides is 1. The van der Waals surface area contributed by atoms with Gasteiger partial charge >= 0.3 is 5.97 Å². The van der Waals surface area contributed by atoms with Crippen LogP contribution in [-0.4, -0.2) is 44.0 Å². The molecule has 0 saturated carbocycles. The Hall–Kier alpha value is -1.14. The highest BCUT2D eigenvalue weighted by Crippen LogP contribution is 2.39. The van der Waals surface area contributed by atoms with E-state index in [0.29, 0.717) is 12.3 Å². The third kappa shape index (κ3) is 4.23. The smallest absolute Gasteiger partial charge is 0.366 e. The predicted octanol–water partition coefficient (Wildman–Crippen LogP) is 2.11. The molecule has 134 valence electrons. The average molecular weight is 329 g/mol. The minimum atomic E-state index is -1.41. The third-order valence-corrected chi connectivity index (χ3v) is 5.14. The van der Waals surface area contributed by atoms with Gasteiger partial charge < -0.3 is 19.5 Å². The van der Waals surface area contributed by atoms with Gasteiger partial charge in [0.2, 0.25) is 5.91 Å². The van der Waals surface area contributed by atoms with Crippen molar-refractivity contribution in [1.29, 1.82) is 0 Å². The second-order valence-electron chi connectivity index (χ2n) is 6.68. The van der Waals surface area contributed by atoms with Crippen molar-refractivity contribution in [3.05, 3.63) is 0 Å². The summed E-state index contributed by atoms with van der Waals surface area (Å²) in [6, 6.07) is -0.163. The molecule has 0 aliphatic carbocycles. The van der Waals surface area contributed by atoms with Crippen LogP contribution < -0.4 is 5.32 Å². The summed E-state index contributed by atoms with van der Waals surface area (Å²) in [6.07, 6.45) is 1.00. The van der Waals surface area contributed by atoms with E-state index in [1.54, 1.807) is 0 Å². The van der Waals surface area contributed by atoms with E-state index in [2.05, 4.69) is 26.1 Å². The Balaban J connectivity index is 3.17. The zero-order chi connectivity index (χ0) is 17.8. The molecule has 6 atom stereocenters. The molecule has 1 amide bonds. The largest absolute Gasteiger partial charge is 0.465 e. The van der Waals surface area contributed by atoms with Crippen LogP contribution in [0.25, 0.3) is 0 Å². The van der Waals surface area contributed by atoms with Crippen LogP contribution in [0.15, 0.2) is 0 Å².